The molecule has 0 heterocycles. The van der Waals surface area contributed by atoms with E-state index in [1.165, 1.54) is 0 Å². The molecule has 0 saturated carbocycles. The van der Waals surface area contributed by atoms with Crippen LogP contribution < -0.4 is 10.1 Å². The van der Waals surface area contributed by atoms with Crippen LogP contribution in [0.3, 0.4) is 0 Å². The minimum atomic E-state index is -0.214. The number of aryl methyl sites for hydroxylation is 1. The summed E-state index contributed by atoms with van der Waals surface area (Å²) in [5, 5.41) is 2.78. The van der Waals surface area contributed by atoms with E-state index in [1.807, 2.05) is 42.5 Å². The molecule has 0 spiro atoms. The van der Waals surface area contributed by atoms with Crippen molar-refractivity contribution in [2.45, 2.75) is 12.8 Å². The molecule has 2 rings (SSSR count). The minimum absolute atomic E-state index is 0.0386. The summed E-state index contributed by atoms with van der Waals surface area (Å²) in [6.07, 6.45) is 1.16. The summed E-state index contributed by atoms with van der Waals surface area (Å²) in [5.41, 5.74) is 1.77. The predicted octanol–water partition coefficient (Wildman–Crippen LogP) is 2.72. The molecule has 5 heteroatoms. The van der Waals surface area contributed by atoms with Crippen LogP contribution in [0.4, 0.5) is 5.69 Å². The first kappa shape index (κ1) is 17.5. The lowest BCUT2D eigenvalue weighted by Crippen LogP contribution is -2.21. The fourth-order valence-electron chi connectivity index (χ4n) is 2.09. The second-order valence-electron chi connectivity index (χ2n) is 5.63. The number of nitrogens with zero attached hydrogens (tertiary/aromatic N) is 1. The first-order valence-electron chi connectivity index (χ1n) is 7.81. The maximum Gasteiger partial charge on any atom is 0.262 e. The number of carbonyl (C=O) groups excluding carboxylic acids is 2. The van der Waals surface area contributed by atoms with E-state index in [4.69, 9.17) is 4.74 Å². The Bertz CT molecular complexity index is 667. The number of para-hydroxylation sites is 1. The van der Waals surface area contributed by atoms with Crippen molar-refractivity contribution < 1.29 is 14.3 Å². The molecule has 2 amide bonds. The normalized spacial score (nSPS) is 10.1. The number of hydrogen-bond donors (Lipinski definition) is 1. The summed E-state index contributed by atoms with van der Waals surface area (Å²) in [6.45, 7) is -0.0386. The number of nitrogens with one attached hydrogen (secondary N) is 1. The second-order valence-corrected chi connectivity index (χ2v) is 5.63. The molecule has 2 aromatic carbocycles. The van der Waals surface area contributed by atoms with Crippen LogP contribution in [0.25, 0.3) is 0 Å². The van der Waals surface area contributed by atoms with Gasteiger partial charge in [0.15, 0.2) is 6.61 Å². The highest BCUT2D eigenvalue weighted by molar-refractivity contribution is 5.91. The molecule has 0 aliphatic rings. The Hall–Kier alpha value is -2.82. The lowest BCUT2D eigenvalue weighted by Gasteiger charge is -2.10. The average molecular weight is 326 g/mol. The number of rotatable bonds is 7. The van der Waals surface area contributed by atoms with Gasteiger partial charge >= 0.3 is 0 Å². The first-order valence-corrected chi connectivity index (χ1v) is 7.81. The van der Waals surface area contributed by atoms with Gasteiger partial charge in [-0.1, -0.05) is 30.3 Å². The monoisotopic (exact) mass is 326 g/mol. The van der Waals surface area contributed by atoms with Crippen LogP contribution in [0.15, 0.2) is 54.6 Å². The summed E-state index contributed by atoms with van der Waals surface area (Å²) in [5.74, 6) is 0.549. The highest BCUT2D eigenvalue weighted by Crippen LogP contribution is 2.12. The molecule has 0 aromatic heterocycles. The van der Waals surface area contributed by atoms with Crippen molar-refractivity contribution in [3.63, 3.8) is 0 Å². The molecular formula is C19H22N2O3. The second kappa shape index (κ2) is 8.72. The molecule has 1 N–H and O–H groups in total. The number of hydrogen-bond acceptors (Lipinski definition) is 3. The molecule has 126 valence electrons. The number of anilines is 1. The molecule has 5 nitrogen and oxygen atoms in total. The van der Waals surface area contributed by atoms with E-state index in [9.17, 15) is 9.59 Å². The Morgan fingerprint density at radius 3 is 2.29 bits per heavy atom. The fourth-order valence-corrected chi connectivity index (χ4v) is 2.09. The summed E-state index contributed by atoms with van der Waals surface area (Å²) < 4.78 is 5.40. The summed E-state index contributed by atoms with van der Waals surface area (Å²) >= 11 is 0. The molecular weight excluding hydrogens is 304 g/mol. The van der Waals surface area contributed by atoms with E-state index in [2.05, 4.69) is 5.32 Å². The molecule has 0 saturated heterocycles. The Kier molecular flexibility index (Phi) is 6.37. The molecule has 0 bridgehead atoms. The van der Waals surface area contributed by atoms with E-state index >= 15 is 0 Å². The average Bonchev–Trinajstić information content (AvgIpc) is 2.60. The van der Waals surface area contributed by atoms with Crippen LogP contribution in [0.1, 0.15) is 12.0 Å². The van der Waals surface area contributed by atoms with Gasteiger partial charge in [0.05, 0.1) is 0 Å². The molecule has 0 atom stereocenters. The Morgan fingerprint density at radius 2 is 1.67 bits per heavy atom. The van der Waals surface area contributed by atoms with Crippen molar-refractivity contribution in [3.05, 3.63) is 60.2 Å². The van der Waals surface area contributed by atoms with Gasteiger partial charge in [-0.2, -0.15) is 0 Å². The Balaban J connectivity index is 1.78. The van der Waals surface area contributed by atoms with Crippen LogP contribution in [-0.4, -0.2) is 37.4 Å². The standard InChI is InChI=1S/C19H22N2O3/c1-21(2)19(23)13-10-15-8-11-16(12-9-15)20-18(22)14-24-17-6-4-3-5-7-17/h3-9,11-12H,10,13-14H2,1-2H3,(H,20,22). The summed E-state index contributed by atoms with van der Waals surface area (Å²) in [6, 6.07) is 16.7. The highest BCUT2D eigenvalue weighted by atomic mass is 16.5. The van der Waals surface area contributed by atoms with E-state index in [0.29, 0.717) is 24.3 Å². The quantitative estimate of drug-likeness (QED) is 0.851. The smallest absolute Gasteiger partial charge is 0.262 e. The largest absolute Gasteiger partial charge is 0.484 e. The van der Waals surface area contributed by atoms with Crippen LogP contribution in [-0.2, 0) is 16.0 Å². The zero-order valence-electron chi connectivity index (χ0n) is 14.0. The number of ether oxygens (including phenoxy) is 1. The maximum atomic E-state index is 11.9. The topological polar surface area (TPSA) is 58.6 Å². The Labute approximate surface area is 142 Å². The van der Waals surface area contributed by atoms with Gasteiger partial charge in [-0.15, -0.1) is 0 Å². The summed E-state index contributed by atoms with van der Waals surface area (Å²) in [7, 11) is 3.50. The van der Waals surface area contributed by atoms with Crippen LogP contribution in [0.2, 0.25) is 0 Å². The SMILES string of the molecule is CN(C)C(=O)CCc1ccc(NC(=O)COc2ccccc2)cc1. The van der Waals surface area contributed by atoms with Crippen molar-refractivity contribution in [2.24, 2.45) is 0 Å². The van der Waals surface area contributed by atoms with Crippen molar-refractivity contribution in [1.82, 2.24) is 4.90 Å². The number of carbonyl (C=O) groups is 2. The maximum absolute atomic E-state index is 11.9. The van der Waals surface area contributed by atoms with Crippen LogP contribution >= 0.6 is 0 Å². The lowest BCUT2D eigenvalue weighted by molar-refractivity contribution is -0.128. The van der Waals surface area contributed by atoms with Gasteiger partial charge in [0.25, 0.3) is 5.91 Å². The molecule has 0 aliphatic carbocycles. The van der Waals surface area contributed by atoms with Gasteiger partial charge in [-0.25, -0.2) is 0 Å². The molecule has 24 heavy (non-hydrogen) atoms. The third-order valence-corrected chi connectivity index (χ3v) is 3.48. The third-order valence-electron chi connectivity index (χ3n) is 3.48. The van der Waals surface area contributed by atoms with Gasteiger partial charge in [0.1, 0.15) is 5.75 Å². The molecule has 0 aliphatic heterocycles. The molecule has 0 radical (unpaired) electrons. The van der Waals surface area contributed by atoms with Gasteiger partial charge in [-0.3, -0.25) is 9.59 Å². The molecule has 0 unspecified atom stereocenters. The lowest BCUT2D eigenvalue weighted by atomic mass is 10.1. The van der Waals surface area contributed by atoms with Gasteiger partial charge in [-0.05, 0) is 36.2 Å². The minimum Gasteiger partial charge on any atom is -0.484 e. The van der Waals surface area contributed by atoms with Crippen LogP contribution in [0, 0.1) is 0 Å². The van der Waals surface area contributed by atoms with Crippen LogP contribution in [0.5, 0.6) is 5.75 Å². The van der Waals surface area contributed by atoms with E-state index in [-0.39, 0.29) is 18.4 Å². The number of benzene rings is 2. The molecule has 0 fully saturated rings. The van der Waals surface area contributed by atoms with Crippen molar-refractivity contribution in [3.8, 4) is 5.75 Å². The Morgan fingerprint density at radius 1 is 1.00 bits per heavy atom. The van der Waals surface area contributed by atoms with E-state index in [1.54, 1.807) is 31.1 Å². The fraction of sp³-hybridized carbons (Fsp3) is 0.263. The first-order chi connectivity index (χ1) is 11.5. The zero-order chi connectivity index (χ0) is 17.4. The third kappa shape index (κ3) is 5.76. The van der Waals surface area contributed by atoms with E-state index in [0.717, 1.165) is 5.56 Å². The molecule has 2 aromatic rings. The van der Waals surface area contributed by atoms with Crippen molar-refractivity contribution >= 4 is 17.5 Å². The zero-order valence-corrected chi connectivity index (χ0v) is 14.0. The number of amides is 2. The van der Waals surface area contributed by atoms with Gasteiger partial charge < -0.3 is 15.0 Å². The van der Waals surface area contributed by atoms with Gasteiger partial charge in [0.2, 0.25) is 5.91 Å². The van der Waals surface area contributed by atoms with Crippen molar-refractivity contribution in [1.29, 1.82) is 0 Å². The summed E-state index contributed by atoms with van der Waals surface area (Å²) in [4.78, 5) is 25.0. The predicted molar refractivity (Wildman–Crippen MR) is 94.0 cm³/mol. The highest BCUT2D eigenvalue weighted by Gasteiger charge is 2.06. The van der Waals surface area contributed by atoms with Gasteiger partial charge in [0, 0.05) is 26.2 Å². The van der Waals surface area contributed by atoms with Crippen molar-refractivity contribution in [2.75, 3.05) is 26.0 Å². The van der Waals surface area contributed by atoms with E-state index < -0.39 is 0 Å².